The number of ether oxygens (including phenoxy) is 1. The van der Waals surface area contributed by atoms with E-state index in [0.717, 1.165) is 11.1 Å². The summed E-state index contributed by atoms with van der Waals surface area (Å²) < 4.78 is 4.85. The SMILES string of the molecule is CCOC(=O)CC1=NN([O-])Cc2ccccc21. The third kappa shape index (κ3) is 2.62. The van der Waals surface area contributed by atoms with Crippen LogP contribution >= 0.6 is 0 Å². The van der Waals surface area contributed by atoms with Gasteiger partial charge in [0.05, 0.1) is 18.7 Å². The zero-order valence-corrected chi connectivity index (χ0v) is 9.55. The maximum absolute atomic E-state index is 11.4. The Balaban J connectivity index is 2.23. The van der Waals surface area contributed by atoms with Crippen LogP contribution in [0.25, 0.3) is 0 Å². The number of carbonyl (C=O) groups excluding carboxylic acids is 1. The molecule has 5 nitrogen and oxygen atoms in total. The Hall–Kier alpha value is -1.88. The van der Waals surface area contributed by atoms with E-state index in [2.05, 4.69) is 5.10 Å². The van der Waals surface area contributed by atoms with E-state index in [1.807, 2.05) is 24.3 Å². The molecule has 5 heteroatoms. The van der Waals surface area contributed by atoms with Gasteiger partial charge in [-0.25, -0.2) is 0 Å². The van der Waals surface area contributed by atoms with E-state index in [1.165, 1.54) is 0 Å². The van der Waals surface area contributed by atoms with Crippen molar-refractivity contribution in [3.63, 3.8) is 0 Å². The van der Waals surface area contributed by atoms with Crippen molar-refractivity contribution in [3.05, 3.63) is 40.6 Å². The third-order valence-electron chi connectivity index (χ3n) is 2.48. The number of esters is 1. The molecule has 0 aromatic heterocycles. The molecule has 0 fully saturated rings. The van der Waals surface area contributed by atoms with Crippen LogP contribution in [-0.4, -0.2) is 23.5 Å². The van der Waals surface area contributed by atoms with Crippen molar-refractivity contribution in [1.29, 1.82) is 0 Å². The minimum absolute atomic E-state index is 0.0313. The number of hydrazone groups is 1. The van der Waals surface area contributed by atoms with Crippen LogP contribution in [0, 0.1) is 5.21 Å². The summed E-state index contributed by atoms with van der Waals surface area (Å²) in [7, 11) is 0. The fourth-order valence-corrected chi connectivity index (χ4v) is 1.79. The number of benzene rings is 1. The number of nitrogens with zero attached hydrogens (tertiary/aromatic N) is 2. The highest BCUT2D eigenvalue weighted by atomic mass is 16.5. The minimum atomic E-state index is -0.364. The van der Waals surface area contributed by atoms with E-state index >= 15 is 0 Å². The van der Waals surface area contributed by atoms with Crippen LogP contribution in [0.4, 0.5) is 0 Å². The quantitative estimate of drug-likeness (QED) is 0.745. The summed E-state index contributed by atoms with van der Waals surface area (Å²) in [6.45, 7) is 2.30. The fourth-order valence-electron chi connectivity index (χ4n) is 1.79. The molecular formula is C12H13N2O3-. The van der Waals surface area contributed by atoms with Gasteiger partial charge in [0, 0.05) is 12.1 Å². The Morgan fingerprint density at radius 1 is 1.53 bits per heavy atom. The maximum Gasteiger partial charge on any atom is 0.311 e. The van der Waals surface area contributed by atoms with E-state index in [-0.39, 0.29) is 18.9 Å². The first-order chi connectivity index (χ1) is 8.20. The van der Waals surface area contributed by atoms with Gasteiger partial charge in [-0.3, -0.25) is 4.79 Å². The first kappa shape index (κ1) is 11.6. The molecule has 1 heterocycles. The van der Waals surface area contributed by atoms with Crippen LogP contribution in [0.3, 0.4) is 0 Å². The molecule has 0 unspecified atom stereocenters. The normalized spacial score (nSPS) is 14.0. The van der Waals surface area contributed by atoms with E-state index in [9.17, 15) is 10.0 Å². The number of carbonyl (C=O) groups is 1. The fraction of sp³-hybridized carbons (Fsp3) is 0.333. The average Bonchev–Trinajstić information content (AvgIpc) is 2.29. The number of hydrogen-bond acceptors (Lipinski definition) is 5. The van der Waals surface area contributed by atoms with Gasteiger partial charge in [-0.2, -0.15) is 5.10 Å². The van der Waals surface area contributed by atoms with Gasteiger partial charge in [0.1, 0.15) is 0 Å². The Kier molecular flexibility index (Phi) is 3.39. The van der Waals surface area contributed by atoms with Crippen LogP contribution in [0.2, 0.25) is 0 Å². The van der Waals surface area contributed by atoms with Gasteiger partial charge in [0.15, 0.2) is 0 Å². The first-order valence-electron chi connectivity index (χ1n) is 5.46. The predicted octanol–water partition coefficient (Wildman–Crippen LogP) is 1.66. The molecule has 0 radical (unpaired) electrons. The summed E-state index contributed by atoms with van der Waals surface area (Å²) in [4.78, 5) is 11.4. The average molecular weight is 233 g/mol. The maximum atomic E-state index is 11.4. The number of hydrogen-bond donors (Lipinski definition) is 0. The molecule has 0 aliphatic carbocycles. The molecule has 1 aliphatic rings. The molecule has 0 saturated carbocycles. The van der Waals surface area contributed by atoms with Crippen LogP contribution in [0.5, 0.6) is 0 Å². The lowest BCUT2D eigenvalue weighted by Gasteiger charge is -2.31. The molecule has 0 atom stereocenters. The Morgan fingerprint density at radius 3 is 3.06 bits per heavy atom. The number of fused-ring (bicyclic) bond motifs is 1. The largest absolute Gasteiger partial charge is 0.742 e. The van der Waals surface area contributed by atoms with E-state index < -0.39 is 0 Å². The van der Waals surface area contributed by atoms with Crippen LogP contribution in [-0.2, 0) is 16.1 Å². The highest BCUT2D eigenvalue weighted by Crippen LogP contribution is 2.19. The summed E-state index contributed by atoms with van der Waals surface area (Å²) in [6, 6.07) is 7.44. The number of hydroxylamine groups is 1. The lowest BCUT2D eigenvalue weighted by Crippen LogP contribution is -2.23. The van der Waals surface area contributed by atoms with Gasteiger partial charge in [-0.15, -0.1) is 0 Å². The van der Waals surface area contributed by atoms with E-state index in [4.69, 9.17) is 4.74 Å². The van der Waals surface area contributed by atoms with Crippen molar-refractivity contribution in [2.45, 2.75) is 19.9 Å². The second-order valence-electron chi connectivity index (χ2n) is 3.70. The summed E-state index contributed by atoms with van der Waals surface area (Å²) >= 11 is 0. The van der Waals surface area contributed by atoms with Crippen molar-refractivity contribution in [2.75, 3.05) is 6.61 Å². The van der Waals surface area contributed by atoms with Crippen molar-refractivity contribution in [1.82, 2.24) is 5.17 Å². The Bertz CT molecular complexity index is 457. The van der Waals surface area contributed by atoms with Crippen molar-refractivity contribution in [2.24, 2.45) is 5.10 Å². The second-order valence-corrected chi connectivity index (χ2v) is 3.70. The molecule has 90 valence electrons. The smallest absolute Gasteiger partial charge is 0.311 e. The molecule has 17 heavy (non-hydrogen) atoms. The second kappa shape index (κ2) is 4.97. The van der Waals surface area contributed by atoms with Gasteiger partial charge in [-0.05, 0) is 12.5 Å². The molecule has 1 aromatic rings. The molecule has 1 aliphatic heterocycles. The highest BCUT2D eigenvalue weighted by molar-refractivity contribution is 6.10. The topological polar surface area (TPSA) is 65.0 Å². The Labute approximate surface area is 99.3 Å². The van der Waals surface area contributed by atoms with Gasteiger partial charge in [0.2, 0.25) is 0 Å². The predicted molar refractivity (Wildman–Crippen MR) is 63.1 cm³/mol. The van der Waals surface area contributed by atoms with Crippen molar-refractivity contribution >= 4 is 11.7 Å². The first-order valence-corrected chi connectivity index (χ1v) is 5.46. The highest BCUT2D eigenvalue weighted by Gasteiger charge is 2.17. The lowest BCUT2D eigenvalue weighted by atomic mass is 10.00. The molecule has 0 bridgehead atoms. The summed E-state index contributed by atoms with van der Waals surface area (Å²) in [6.07, 6.45) is 0.0313. The van der Waals surface area contributed by atoms with Crippen molar-refractivity contribution < 1.29 is 9.53 Å². The lowest BCUT2D eigenvalue weighted by molar-refractivity contribution is -0.141. The summed E-state index contributed by atoms with van der Waals surface area (Å²) in [5.41, 5.74) is 2.21. The molecule has 1 aromatic carbocycles. The Morgan fingerprint density at radius 2 is 2.29 bits per heavy atom. The molecular weight excluding hydrogens is 220 g/mol. The molecule has 0 N–H and O–H groups in total. The minimum Gasteiger partial charge on any atom is -0.742 e. The van der Waals surface area contributed by atoms with Gasteiger partial charge in [0.25, 0.3) is 0 Å². The standard InChI is InChI=1S/C12H13N2O3/c1-2-17-12(15)7-11-10-6-4-3-5-9(10)8-14(16)13-11/h3-6H,2,7-8H2,1H3/q-1. The zero-order valence-electron chi connectivity index (χ0n) is 9.55. The number of rotatable bonds is 3. The summed E-state index contributed by atoms with van der Waals surface area (Å²) in [5.74, 6) is -0.364. The molecule has 2 rings (SSSR count). The molecule has 0 amide bonds. The molecule has 0 saturated heterocycles. The monoisotopic (exact) mass is 233 g/mol. The molecule has 0 spiro atoms. The van der Waals surface area contributed by atoms with Gasteiger partial charge in [-0.1, -0.05) is 24.3 Å². The van der Waals surface area contributed by atoms with E-state index in [1.54, 1.807) is 6.92 Å². The van der Waals surface area contributed by atoms with E-state index in [0.29, 0.717) is 17.5 Å². The van der Waals surface area contributed by atoms with Crippen LogP contribution < -0.4 is 0 Å². The van der Waals surface area contributed by atoms with Crippen molar-refractivity contribution in [3.8, 4) is 0 Å². The zero-order chi connectivity index (χ0) is 12.3. The third-order valence-corrected chi connectivity index (χ3v) is 2.48. The van der Waals surface area contributed by atoms with Crippen LogP contribution in [0.15, 0.2) is 29.4 Å². The van der Waals surface area contributed by atoms with Gasteiger partial charge >= 0.3 is 5.97 Å². The van der Waals surface area contributed by atoms with Crippen LogP contribution in [0.1, 0.15) is 24.5 Å². The summed E-state index contributed by atoms with van der Waals surface area (Å²) in [5, 5.41) is 15.8. The van der Waals surface area contributed by atoms with Gasteiger partial charge < -0.3 is 15.1 Å².